The minimum absolute atomic E-state index is 0.858. The number of fused-ring (bicyclic) bond motifs is 1. The van der Waals surface area contributed by atoms with Crippen LogP contribution in [0.4, 0.5) is 0 Å². The van der Waals surface area contributed by atoms with Crippen molar-refractivity contribution in [2.24, 2.45) is 0 Å². The van der Waals surface area contributed by atoms with Gasteiger partial charge in [0, 0.05) is 11.6 Å². The smallest absolute Gasteiger partial charge is 0.152 e. The van der Waals surface area contributed by atoms with Crippen molar-refractivity contribution < 1.29 is 0 Å². The maximum Gasteiger partial charge on any atom is 0.152 e. The average Bonchev–Trinajstić information content (AvgIpc) is 3.11. The molecule has 0 bridgehead atoms. The van der Waals surface area contributed by atoms with Crippen LogP contribution in [-0.2, 0) is 0 Å². The van der Waals surface area contributed by atoms with Gasteiger partial charge in [-0.15, -0.1) is 0 Å². The van der Waals surface area contributed by atoms with Gasteiger partial charge in [0.1, 0.15) is 5.82 Å². The summed E-state index contributed by atoms with van der Waals surface area (Å²) >= 11 is 0. The maximum absolute atomic E-state index is 4.57. The Morgan fingerprint density at radius 2 is 1.52 bits per heavy atom. The van der Waals surface area contributed by atoms with Gasteiger partial charge in [-0.3, -0.25) is 5.10 Å². The molecule has 0 aliphatic rings. The van der Waals surface area contributed by atoms with E-state index in [1.54, 1.807) is 0 Å². The Hall–Kier alpha value is -2.88. The Labute approximate surface area is 122 Å². The quantitative estimate of drug-likeness (QED) is 0.606. The highest BCUT2D eigenvalue weighted by atomic mass is 15.4. The highest BCUT2D eigenvalue weighted by Crippen LogP contribution is 2.24. The van der Waals surface area contributed by atoms with E-state index in [1.807, 2.05) is 23.6 Å². The van der Waals surface area contributed by atoms with Gasteiger partial charge in [0.2, 0.25) is 0 Å². The molecule has 1 N–H and O–H groups in total. The van der Waals surface area contributed by atoms with Gasteiger partial charge in [-0.25, -0.2) is 0 Å². The first kappa shape index (κ1) is 11.9. The molecule has 0 aliphatic heterocycles. The van der Waals surface area contributed by atoms with E-state index in [0.29, 0.717) is 0 Å². The molecule has 0 spiro atoms. The van der Waals surface area contributed by atoms with E-state index in [0.717, 1.165) is 22.7 Å². The normalized spacial score (nSPS) is 11.1. The van der Waals surface area contributed by atoms with Crippen LogP contribution in [0, 0.1) is 6.92 Å². The number of hydrogen-bond donors (Lipinski definition) is 1. The molecular formula is C17H14N4. The maximum atomic E-state index is 4.57. The van der Waals surface area contributed by atoms with Crippen LogP contribution in [0.25, 0.3) is 28.0 Å². The van der Waals surface area contributed by atoms with Crippen LogP contribution in [0.2, 0.25) is 0 Å². The topological polar surface area (TPSA) is 46.0 Å². The van der Waals surface area contributed by atoms with Crippen LogP contribution in [0.5, 0.6) is 0 Å². The van der Waals surface area contributed by atoms with Crippen LogP contribution in [0.3, 0.4) is 0 Å². The zero-order valence-corrected chi connectivity index (χ0v) is 11.6. The average molecular weight is 274 g/mol. The summed E-state index contributed by atoms with van der Waals surface area (Å²) in [5, 5.41) is 11.7. The molecule has 21 heavy (non-hydrogen) atoms. The van der Waals surface area contributed by atoms with Crippen molar-refractivity contribution >= 4 is 5.65 Å². The fourth-order valence-electron chi connectivity index (χ4n) is 2.50. The van der Waals surface area contributed by atoms with E-state index in [1.165, 1.54) is 11.1 Å². The van der Waals surface area contributed by atoms with Gasteiger partial charge in [-0.2, -0.15) is 14.7 Å². The van der Waals surface area contributed by atoms with Crippen LogP contribution in [0.15, 0.2) is 60.7 Å². The zero-order chi connectivity index (χ0) is 14.2. The van der Waals surface area contributed by atoms with Crippen LogP contribution in [-0.4, -0.2) is 19.8 Å². The third-order valence-electron chi connectivity index (χ3n) is 3.64. The SMILES string of the molecule is Cc1n[nH]c2cc(-c3ccc(-c4ccccc4)cc3)nn12. The summed E-state index contributed by atoms with van der Waals surface area (Å²) in [6, 6.07) is 20.8. The molecule has 2 aromatic carbocycles. The lowest BCUT2D eigenvalue weighted by Gasteiger charge is -2.02. The van der Waals surface area contributed by atoms with Crippen LogP contribution in [0.1, 0.15) is 5.82 Å². The molecule has 2 aromatic heterocycles. The number of aryl methyl sites for hydroxylation is 1. The first-order valence-corrected chi connectivity index (χ1v) is 6.88. The Bertz CT molecular complexity index is 886. The summed E-state index contributed by atoms with van der Waals surface area (Å²) in [6.45, 7) is 1.93. The second kappa shape index (κ2) is 4.59. The van der Waals surface area contributed by atoms with E-state index < -0.39 is 0 Å². The highest BCUT2D eigenvalue weighted by Gasteiger charge is 2.08. The molecule has 0 unspecified atom stereocenters. The second-order valence-electron chi connectivity index (χ2n) is 5.04. The molecule has 0 amide bonds. The fourth-order valence-corrected chi connectivity index (χ4v) is 2.50. The Morgan fingerprint density at radius 1 is 0.857 bits per heavy atom. The molecule has 4 nitrogen and oxygen atoms in total. The fraction of sp³-hybridized carbons (Fsp3) is 0.0588. The Balaban J connectivity index is 1.73. The summed E-state index contributed by atoms with van der Waals surface area (Å²) in [4.78, 5) is 0. The highest BCUT2D eigenvalue weighted by molar-refractivity contribution is 5.70. The first-order valence-electron chi connectivity index (χ1n) is 6.88. The zero-order valence-electron chi connectivity index (χ0n) is 11.6. The molecule has 102 valence electrons. The van der Waals surface area contributed by atoms with Crippen molar-refractivity contribution in [1.82, 2.24) is 19.8 Å². The lowest BCUT2D eigenvalue weighted by molar-refractivity contribution is 0.897. The third kappa shape index (κ3) is 2.01. The summed E-state index contributed by atoms with van der Waals surface area (Å²) in [5.41, 5.74) is 5.40. The lowest BCUT2D eigenvalue weighted by atomic mass is 10.0. The second-order valence-corrected chi connectivity index (χ2v) is 5.04. The molecule has 0 saturated heterocycles. The number of H-pyrrole nitrogens is 1. The molecule has 0 fully saturated rings. The summed E-state index contributed by atoms with van der Waals surface area (Å²) < 4.78 is 1.82. The lowest BCUT2D eigenvalue weighted by Crippen LogP contribution is -1.88. The summed E-state index contributed by atoms with van der Waals surface area (Å²) in [5.74, 6) is 0.858. The van der Waals surface area contributed by atoms with Crippen LogP contribution >= 0.6 is 0 Å². The summed E-state index contributed by atoms with van der Waals surface area (Å²) in [7, 11) is 0. The minimum atomic E-state index is 0.858. The minimum Gasteiger partial charge on any atom is -0.259 e. The number of aromatic amines is 1. The van der Waals surface area contributed by atoms with Gasteiger partial charge < -0.3 is 0 Å². The molecular weight excluding hydrogens is 260 g/mol. The summed E-state index contributed by atoms with van der Waals surface area (Å²) in [6.07, 6.45) is 0. The molecule has 4 aromatic rings. The predicted molar refractivity (Wildman–Crippen MR) is 82.9 cm³/mol. The Morgan fingerprint density at radius 3 is 2.24 bits per heavy atom. The molecule has 0 radical (unpaired) electrons. The van der Waals surface area contributed by atoms with Crippen molar-refractivity contribution in [1.29, 1.82) is 0 Å². The van der Waals surface area contributed by atoms with E-state index in [4.69, 9.17) is 0 Å². The molecule has 0 atom stereocenters. The molecule has 0 saturated carbocycles. The number of rotatable bonds is 2. The van der Waals surface area contributed by atoms with Crippen molar-refractivity contribution in [2.75, 3.05) is 0 Å². The van der Waals surface area contributed by atoms with Crippen molar-refractivity contribution in [2.45, 2.75) is 6.92 Å². The van der Waals surface area contributed by atoms with Crippen molar-refractivity contribution in [3.63, 3.8) is 0 Å². The monoisotopic (exact) mass is 274 g/mol. The van der Waals surface area contributed by atoms with E-state index in [9.17, 15) is 0 Å². The number of nitrogens with one attached hydrogen (secondary N) is 1. The van der Waals surface area contributed by atoms with E-state index in [2.05, 4.69) is 63.8 Å². The third-order valence-corrected chi connectivity index (χ3v) is 3.64. The van der Waals surface area contributed by atoms with E-state index in [-0.39, 0.29) is 0 Å². The molecule has 4 rings (SSSR count). The number of benzene rings is 2. The van der Waals surface area contributed by atoms with Gasteiger partial charge in [-0.05, 0) is 18.1 Å². The largest absolute Gasteiger partial charge is 0.259 e. The predicted octanol–water partition coefficient (Wildman–Crippen LogP) is 3.70. The number of nitrogens with zero attached hydrogens (tertiary/aromatic N) is 3. The molecule has 2 heterocycles. The van der Waals surface area contributed by atoms with Crippen molar-refractivity contribution in [3.05, 3.63) is 66.5 Å². The van der Waals surface area contributed by atoms with Gasteiger partial charge >= 0.3 is 0 Å². The Kier molecular flexibility index (Phi) is 2.60. The number of hydrogen-bond acceptors (Lipinski definition) is 2. The van der Waals surface area contributed by atoms with Crippen molar-refractivity contribution in [3.8, 4) is 22.4 Å². The first-order chi connectivity index (χ1) is 10.3. The van der Waals surface area contributed by atoms with Gasteiger partial charge in [0.15, 0.2) is 5.65 Å². The van der Waals surface area contributed by atoms with Gasteiger partial charge in [-0.1, -0.05) is 54.6 Å². The molecule has 0 aliphatic carbocycles. The molecule has 4 heteroatoms. The number of aromatic nitrogens is 4. The van der Waals surface area contributed by atoms with Gasteiger partial charge in [0.25, 0.3) is 0 Å². The van der Waals surface area contributed by atoms with Crippen LogP contribution < -0.4 is 0 Å². The van der Waals surface area contributed by atoms with Gasteiger partial charge in [0.05, 0.1) is 5.69 Å². The van der Waals surface area contributed by atoms with E-state index >= 15 is 0 Å². The standard InChI is InChI=1S/C17H14N4/c1-12-18-19-17-11-16(20-21(12)17)15-9-7-14(8-10-15)13-5-3-2-4-6-13/h2-11,19H,1H3.